The van der Waals surface area contributed by atoms with Crippen LogP contribution in [0, 0.1) is 0 Å². The number of carbonyl (C=O) groups excluding carboxylic acids is 2. The van der Waals surface area contributed by atoms with Crippen LogP contribution in [-0.2, 0) is 19.0 Å². The molecule has 0 spiro atoms. The van der Waals surface area contributed by atoms with E-state index in [1.807, 2.05) is 0 Å². The number of nitrogens with one attached hydrogen (secondary N) is 1. The zero-order valence-corrected chi connectivity index (χ0v) is 15.4. The number of methoxy groups -OCH3 is 1. The van der Waals surface area contributed by atoms with Crippen molar-refractivity contribution >= 4 is 29.5 Å². The summed E-state index contributed by atoms with van der Waals surface area (Å²) >= 11 is 1.36. The van der Waals surface area contributed by atoms with Crippen molar-refractivity contribution in [3.63, 3.8) is 0 Å². The summed E-state index contributed by atoms with van der Waals surface area (Å²) in [6.45, 7) is 7.69. The number of amides is 1. The predicted molar refractivity (Wildman–Crippen MR) is 91.8 cm³/mol. The highest BCUT2D eigenvalue weighted by Crippen LogP contribution is 2.20. The van der Waals surface area contributed by atoms with Gasteiger partial charge in [-0.1, -0.05) is 0 Å². The number of aromatic nitrogens is 1. The molecule has 24 heavy (non-hydrogen) atoms. The molecule has 1 rings (SSSR count). The van der Waals surface area contributed by atoms with Gasteiger partial charge < -0.3 is 19.5 Å². The summed E-state index contributed by atoms with van der Waals surface area (Å²) in [6, 6.07) is -0.431. The van der Waals surface area contributed by atoms with Crippen molar-refractivity contribution < 1.29 is 23.8 Å². The standard InChI is InChI=1S/C16H24N2O5S/c1-6-22-13(19)8-7-11-10-24-14(17-11)12(9-21-5)18-15(20)23-16(2,3)4/h7-8,10,12H,6,9H2,1-5H3,(H,18,20)/b8-7+/t12-/m0/s1. The van der Waals surface area contributed by atoms with Gasteiger partial charge in [-0.2, -0.15) is 0 Å². The number of hydrogen-bond donors (Lipinski definition) is 1. The normalized spacial score (nSPS) is 12.9. The predicted octanol–water partition coefficient (Wildman–Crippen LogP) is 2.93. The highest BCUT2D eigenvalue weighted by atomic mass is 32.1. The Bertz CT molecular complexity index is 577. The van der Waals surface area contributed by atoms with Crippen molar-refractivity contribution in [2.75, 3.05) is 20.3 Å². The number of hydrogen-bond acceptors (Lipinski definition) is 7. The molecule has 0 radical (unpaired) electrons. The summed E-state index contributed by atoms with van der Waals surface area (Å²) in [5.41, 5.74) is 0.0214. The molecular formula is C16H24N2O5S. The van der Waals surface area contributed by atoms with E-state index in [4.69, 9.17) is 14.2 Å². The van der Waals surface area contributed by atoms with Crippen molar-refractivity contribution in [3.05, 3.63) is 22.2 Å². The fourth-order valence-corrected chi connectivity index (χ4v) is 2.49. The Morgan fingerprint density at radius 3 is 2.71 bits per heavy atom. The second-order valence-corrected chi connectivity index (χ2v) is 6.74. The Balaban J connectivity index is 2.76. The minimum atomic E-state index is -0.585. The van der Waals surface area contributed by atoms with Crippen LogP contribution in [0.3, 0.4) is 0 Å². The molecule has 0 saturated heterocycles. The smallest absolute Gasteiger partial charge is 0.408 e. The van der Waals surface area contributed by atoms with E-state index in [9.17, 15) is 9.59 Å². The Morgan fingerprint density at radius 1 is 1.42 bits per heavy atom. The molecule has 8 heteroatoms. The van der Waals surface area contributed by atoms with E-state index in [-0.39, 0.29) is 6.61 Å². The molecule has 1 heterocycles. The van der Waals surface area contributed by atoms with Crippen LogP contribution < -0.4 is 5.32 Å². The lowest BCUT2D eigenvalue weighted by molar-refractivity contribution is -0.137. The number of ether oxygens (including phenoxy) is 3. The van der Waals surface area contributed by atoms with Gasteiger partial charge in [-0.05, 0) is 33.8 Å². The lowest BCUT2D eigenvalue weighted by Gasteiger charge is -2.22. The summed E-state index contributed by atoms with van der Waals surface area (Å²) in [4.78, 5) is 27.6. The maximum Gasteiger partial charge on any atom is 0.408 e. The van der Waals surface area contributed by atoms with E-state index in [0.717, 1.165) is 0 Å². The third-order valence-corrected chi connectivity index (χ3v) is 3.52. The molecule has 7 nitrogen and oxygen atoms in total. The van der Waals surface area contributed by atoms with E-state index < -0.39 is 23.7 Å². The zero-order valence-electron chi connectivity index (χ0n) is 14.6. The summed E-state index contributed by atoms with van der Waals surface area (Å²) in [5.74, 6) is -0.424. The van der Waals surface area contributed by atoms with Gasteiger partial charge in [-0.25, -0.2) is 14.6 Å². The van der Waals surface area contributed by atoms with Crippen LogP contribution in [0.25, 0.3) is 6.08 Å². The molecule has 0 aliphatic heterocycles. The van der Waals surface area contributed by atoms with Crippen molar-refractivity contribution in [2.24, 2.45) is 0 Å². The van der Waals surface area contributed by atoms with E-state index >= 15 is 0 Å². The Morgan fingerprint density at radius 2 is 2.12 bits per heavy atom. The van der Waals surface area contributed by atoms with Crippen LogP contribution in [0.5, 0.6) is 0 Å². The lowest BCUT2D eigenvalue weighted by atomic mass is 10.2. The fourth-order valence-electron chi connectivity index (χ4n) is 1.67. The number of alkyl carbamates (subject to hydrolysis) is 1. The van der Waals surface area contributed by atoms with Gasteiger partial charge in [-0.3, -0.25) is 0 Å². The molecule has 0 unspecified atom stereocenters. The lowest BCUT2D eigenvalue weighted by Crippen LogP contribution is -2.36. The van der Waals surface area contributed by atoms with Crippen LogP contribution >= 0.6 is 11.3 Å². The molecule has 0 bridgehead atoms. The van der Waals surface area contributed by atoms with Gasteiger partial charge in [0.05, 0.1) is 18.9 Å². The summed E-state index contributed by atoms with van der Waals surface area (Å²) in [5, 5.41) is 5.18. The van der Waals surface area contributed by atoms with Gasteiger partial charge in [0.2, 0.25) is 0 Å². The average Bonchev–Trinajstić information content (AvgIpc) is 2.92. The van der Waals surface area contributed by atoms with Crippen molar-refractivity contribution in [1.29, 1.82) is 0 Å². The second-order valence-electron chi connectivity index (χ2n) is 5.85. The van der Waals surface area contributed by atoms with E-state index in [1.165, 1.54) is 17.4 Å². The first kappa shape index (κ1) is 20.1. The molecule has 1 amide bonds. The van der Waals surface area contributed by atoms with E-state index in [1.54, 1.807) is 46.3 Å². The monoisotopic (exact) mass is 356 g/mol. The third-order valence-electron chi connectivity index (χ3n) is 2.54. The van der Waals surface area contributed by atoms with Gasteiger partial charge >= 0.3 is 12.1 Å². The molecule has 0 aliphatic carbocycles. The highest BCUT2D eigenvalue weighted by molar-refractivity contribution is 7.09. The van der Waals surface area contributed by atoms with E-state index in [0.29, 0.717) is 17.3 Å². The number of thiazole rings is 1. The molecule has 0 aliphatic rings. The van der Waals surface area contributed by atoms with Crippen LogP contribution in [0.2, 0.25) is 0 Å². The van der Waals surface area contributed by atoms with Gasteiger partial charge in [-0.15, -0.1) is 11.3 Å². The molecule has 134 valence electrons. The highest BCUT2D eigenvalue weighted by Gasteiger charge is 2.22. The molecule has 1 N–H and O–H groups in total. The maximum atomic E-state index is 11.9. The quantitative estimate of drug-likeness (QED) is 0.597. The minimum absolute atomic E-state index is 0.258. The average molecular weight is 356 g/mol. The molecule has 1 aromatic heterocycles. The van der Waals surface area contributed by atoms with Crippen molar-refractivity contribution in [1.82, 2.24) is 10.3 Å². The summed E-state index contributed by atoms with van der Waals surface area (Å²) < 4.78 is 15.2. The van der Waals surface area contributed by atoms with E-state index in [2.05, 4.69) is 10.3 Å². The van der Waals surface area contributed by atoms with Gasteiger partial charge in [0.25, 0.3) is 0 Å². The largest absolute Gasteiger partial charge is 0.463 e. The van der Waals surface area contributed by atoms with Gasteiger partial charge in [0.15, 0.2) is 0 Å². The topological polar surface area (TPSA) is 86.8 Å². The van der Waals surface area contributed by atoms with Gasteiger partial charge in [0, 0.05) is 18.6 Å². The first-order valence-electron chi connectivity index (χ1n) is 7.54. The van der Waals surface area contributed by atoms with Crippen LogP contribution in [0.15, 0.2) is 11.5 Å². The molecule has 1 aromatic rings. The first-order valence-corrected chi connectivity index (χ1v) is 8.41. The van der Waals surface area contributed by atoms with Crippen LogP contribution in [-0.4, -0.2) is 43.0 Å². The first-order chi connectivity index (χ1) is 11.2. The van der Waals surface area contributed by atoms with Gasteiger partial charge in [0.1, 0.15) is 16.7 Å². The molecule has 1 atom stereocenters. The SMILES string of the molecule is CCOC(=O)/C=C/c1csc([C@H](COC)NC(=O)OC(C)(C)C)n1. The maximum absolute atomic E-state index is 11.9. The molecule has 0 aromatic carbocycles. The number of carbonyl (C=O) groups is 2. The zero-order chi connectivity index (χ0) is 18.2. The molecule has 0 fully saturated rings. The second kappa shape index (κ2) is 9.39. The number of rotatable bonds is 7. The summed E-state index contributed by atoms with van der Waals surface area (Å²) in [6.07, 6.45) is 2.34. The minimum Gasteiger partial charge on any atom is -0.463 e. The Labute approximate surface area is 146 Å². The fraction of sp³-hybridized carbons (Fsp3) is 0.562. The third kappa shape index (κ3) is 7.56. The molecule has 0 saturated carbocycles. The van der Waals surface area contributed by atoms with Crippen molar-refractivity contribution in [2.45, 2.75) is 39.3 Å². The Hall–Kier alpha value is -1.93. The molecular weight excluding hydrogens is 332 g/mol. The van der Waals surface area contributed by atoms with Crippen LogP contribution in [0.1, 0.15) is 44.4 Å². The number of nitrogens with zero attached hydrogens (tertiary/aromatic N) is 1. The Kier molecular flexibility index (Phi) is 7.87. The van der Waals surface area contributed by atoms with Crippen LogP contribution in [0.4, 0.5) is 4.79 Å². The van der Waals surface area contributed by atoms with Crippen molar-refractivity contribution in [3.8, 4) is 0 Å². The summed E-state index contributed by atoms with van der Waals surface area (Å²) in [7, 11) is 1.54. The number of esters is 1.